The summed E-state index contributed by atoms with van der Waals surface area (Å²) >= 11 is 0. The molecule has 1 aliphatic rings. The van der Waals surface area contributed by atoms with Gasteiger partial charge in [-0.05, 0) is 43.0 Å². The van der Waals surface area contributed by atoms with Gasteiger partial charge < -0.3 is 10.1 Å². The molecule has 2 aromatic rings. The number of piperidine rings is 1. The third kappa shape index (κ3) is 5.58. The predicted octanol–water partition coefficient (Wildman–Crippen LogP) is 3.11. The van der Waals surface area contributed by atoms with Crippen molar-refractivity contribution in [2.75, 3.05) is 20.2 Å². The van der Waals surface area contributed by atoms with Gasteiger partial charge in [0, 0.05) is 19.0 Å². The number of hydrogen-bond donors (Lipinski definition) is 1. The monoisotopic (exact) mass is 416 g/mol. The van der Waals surface area contributed by atoms with E-state index in [2.05, 4.69) is 5.32 Å². The first-order chi connectivity index (χ1) is 13.9. The smallest absolute Gasteiger partial charge is 0.223 e. The molecule has 3 rings (SSSR count). The van der Waals surface area contributed by atoms with Crippen LogP contribution in [-0.2, 0) is 20.6 Å². The maximum Gasteiger partial charge on any atom is 0.223 e. The van der Waals surface area contributed by atoms with E-state index in [1.807, 2.05) is 61.5 Å². The Morgan fingerprint density at radius 1 is 1.10 bits per heavy atom. The molecule has 29 heavy (non-hydrogen) atoms. The number of methoxy groups -OCH3 is 1. The Labute approximate surface area is 172 Å². The summed E-state index contributed by atoms with van der Waals surface area (Å²) in [5, 5.41) is 3.05. The van der Waals surface area contributed by atoms with E-state index in [1.165, 1.54) is 4.31 Å². The van der Waals surface area contributed by atoms with Crippen LogP contribution in [0.5, 0.6) is 5.75 Å². The van der Waals surface area contributed by atoms with Crippen molar-refractivity contribution in [3.05, 3.63) is 65.7 Å². The molecule has 1 aliphatic heterocycles. The standard InChI is InChI=1S/C22H28N2O4S/c1-17(19-8-10-21(28-2)11-9-19)23-22(25)20-12-14-24(15-13-20)29(26,27)16-18-6-4-3-5-7-18/h3-11,17,20H,12-16H2,1-2H3,(H,23,25)/t17-/m0/s1. The number of sulfonamides is 1. The zero-order valence-electron chi connectivity index (χ0n) is 16.9. The van der Waals surface area contributed by atoms with Crippen LogP contribution in [0.1, 0.15) is 36.9 Å². The Balaban J connectivity index is 1.52. The molecule has 0 saturated carbocycles. The van der Waals surface area contributed by atoms with Crippen LogP contribution in [0.4, 0.5) is 0 Å². The molecular formula is C22H28N2O4S. The summed E-state index contributed by atoms with van der Waals surface area (Å²) in [6, 6.07) is 16.7. The van der Waals surface area contributed by atoms with Crippen LogP contribution >= 0.6 is 0 Å². The molecule has 0 aromatic heterocycles. The van der Waals surface area contributed by atoms with Crippen LogP contribution < -0.4 is 10.1 Å². The van der Waals surface area contributed by atoms with Gasteiger partial charge in [0.2, 0.25) is 15.9 Å². The first-order valence-electron chi connectivity index (χ1n) is 9.85. The lowest BCUT2D eigenvalue weighted by atomic mass is 9.96. The van der Waals surface area contributed by atoms with Crippen molar-refractivity contribution in [3.8, 4) is 5.75 Å². The molecule has 1 N–H and O–H groups in total. The van der Waals surface area contributed by atoms with Crippen LogP contribution in [0.2, 0.25) is 0 Å². The van der Waals surface area contributed by atoms with Gasteiger partial charge in [-0.1, -0.05) is 42.5 Å². The highest BCUT2D eigenvalue weighted by molar-refractivity contribution is 7.88. The van der Waals surface area contributed by atoms with Crippen molar-refractivity contribution in [2.45, 2.75) is 31.6 Å². The third-order valence-electron chi connectivity index (χ3n) is 5.38. The molecule has 1 saturated heterocycles. The summed E-state index contributed by atoms with van der Waals surface area (Å²) in [7, 11) is -1.75. The predicted molar refractivity (Wildman–Crippen MR) is 113 cm³/mol. The molecule has 1 atom stereocenters. The van der Waals surface area contributed by atoms with Crippen LogP contribution in [0.15, 0.2) is 54.6 Å². The summed E-state index contributed by atoms with van der Waals surface area (Å²) in [5.41, 5.74) is 1.78. The fourth-order valence-electron chi connectivity index (χ4n) is 3.58. The number of amides is 1. The number of benzene rings is 2. The molecule has 1 heterocycles. The topological polar surface area (TPSA) is 75.7 Å². The van der Waals surface area contributed by atoms with Gasteiger partial charge in [0.15, 0.2) is 0 Å². The Bertz CT molecular complexity index is 906. The van der Waals surface area contributed by atoms with Crippen molar-refractivity contribution < 1.29 is 17.9 Å². The minimum atomic E-state index is -3.37. The number of ether oxygens (including phenoxy) is 1. The zero-order chi connectivity index (χ0) is 20.9. The highest BCUT2D eigenvalue weighted by atomic mass is 32.2. The lowest BCUT2D eigenvalue weighted by Gasteiger charge is -2.31. The van der Waals surface area contributed by atoms with Crippen molar-refractivity contribution in [1.29, 1.82) is 0 Å². The maximum absolute atomic E-state index is 12.7. The van der Waals surface area contributed by atoms with Gasteiger partial charge in [-0.25, -0.2) is 12.7 Å². The first kappa shape index (κ1) is 21.3. The average Bonchev–Trinajstić information content (AvgIpc) is 2.74. The van der Waals surface area contributed by atoms with Gasteiger partial charge in [-0.3, -0.25) is 4.79 Å². The van der Waals surface area contributed by atoms with Crippen molar-refractivity contribution >= 4 is 15.9 Å². The van der Waals surface area contributed by atoms with Crippen LogP contribution in [0, 0.1) is 5.92 Å². The normalized spacial score (nSPS) is 16.9. The Kier molecular flexibility index (Phi) is 6.92. The van der Waals surface area contributed by atoms with E-state index < -0.39 is 10.0 Å². The molecule has 2 aromatic carbocycles. The Hall–Kier alpha value is -2.38. The number of carbonyl (C=O) groups is 1. The van der Waals surface area contributed by atoms with Crippen LogP contribution in [0.25, 0.3) is 0 Å². The summed E-state index contributed by atoms with van der Waals surface area (Å²) in [5.74, 6) is 0.586. The second-order valence-corrected chi connectivity index (χ2v) is 9.39. The molecule has 6 nitrogen and oxygen atoms in total. The molecule has 1 fully saturated rings. The van der Waals surface area contributed by atoms with E-state index in [0.29, 0.717) is 25.9 Å². The SMILES string of the molecule is COc1ccc([C@H](C)NC(=O)C2CCN(S(=O)(=O)Cc3ccccc3)CC2)cc1. The molecule has 0 bridgehead atoms. The van der Waals surface area contributed by atoms with E-state index in [0.717, 1.165) is 16.9 Å². The van der Waals surface area contributed by atoms with Crippen molar-refractivity contribution in [1.82, 2.24) is 9.62 Å². The third-order valence-corrected chi connectivity index (χ3v) is 7.23. The minimum absolute atomic E-state index is 0.000787. The van der Waals surface area contributed by atoms with Gasteiger partial charge >= 0.3 is 0 Å². The summed E-state index contributed by atoms with van der Waals surface area (Å²) < 4.78 is 32.0. The van der Waals surface area contributed by atoms with E-state index in [4.69, 9.17) is 4.74 Å². The lowest BCUT2D eigenvalue weighted by molar-refractivity contribution is -0.126. The van der Waals surface area contributed by atoms with Crippen LogP contribution in [-0.4, -0.2) is 38.8 Å². The Morgan fingerprint density at radius 2 is 1.72 bits per heavy atom. The zero-order valence-corrected chi connectivity index (χ0v) is 17.7. The van der Waals surface area contributed by atoms with Crippen molar-refractivity contribution in [3.63, 3.8) is 0 Å². The first-order valence-corrected chi connectivity index (χ1v) is 11.5. The van der Waals surface area contributed by atoms with Gasteiger partial charge in [0.25, 0.3) is 0 Å². The minimum Gasteiger partial charge on any atom is -0.497 e. The molecule has 0 spiro atoms. The number of nitrogens with one attached hydrogen (secondary N) is 1. The van der Waals surface area contributed by atoms with Gasteiger partial charge in [-0.2, -0.15) is 0 Å². The van der Waals surface area contributed by atoms with Gasteiger partial charge in [0.05, 0.1) is 18.9 Å². The summed E-state index contributed by atoms with van der Waals surface area (Å²) in [6.45, 7) is 2.70. The fourth-order valence-corrected chi connectivity index (χ4v) is 5.14. The number of hydrogen-bond acceptors (Lipinski definition) is 4. The average molecular weight is 417 g/mol. The molecule has 1 amide bonds. The van der Waals surface area contributed by atoms with E-state index in [-0.39, 0.29) is 23.6 Å². The molecule has 0 unspecified atom stereocenters. The van der Waals surface area contributed by atoms with E-state index in [9.17, 15) is 13.2 Å². The van der Waals surface area contributed by atoms with Crippen molar-refractivity contribution in [2.24, 2.45) is 5.92 Å². The fraction of sp³-hybridized carbons (Fsp3) is 0.409. The number of rotatable bonds is 7. The highest BCUT2D eigenvalue weighted by Crippen LogP contribution is 2.23. The highest BCUT2D eigenvalue weighted by Gasteiger charge is 2.31. The van der Waals surface area contributed by atoms with E-state index >= 15 is 0 Å². The number of nitrogens with zero attached hydrogens (tertiary/aromatic N) is 1. The van der Waals surface area contributed by atoms with E-state index in [1.54, 1.807) is 7.11 Å². The van der Waals surface area contributed by atoms with Gasteiger partial charge in [0.1, 0.15) is 5.75 Å². The Morgan fingerprint density at radius 3 is 2.31 bits per heavy atom. The summed E-state index contributed by atoms with van der Waals surface area (Å²) in [4.78, 5) is 12.6. The van der Waals surface area contributed by atoms with Gasteiger partial charge in [-0.15, -0.1) is 0 Å². The molecule has 0 aliphatic carbocycles. The largest absolute Gasteiger partial charge is 0.497 e. The molecule has 0 radical (unpaired) electrons. The quantitative estimate of drug-likeness (QED) is 0.753. The second-order valence-electron chi connectivity index (χ2n) is 7.42. The summed E-state index contributed by atoms with van der Waals surface area (Å²) in [6.07, 6.45) is 1.07. The molecule has 156 valence electrons. The number of carbonyl (C=O) groups excluding carboxylic acids is 1. The second kappa shape index (κ2) is 9.41. The lowest BCUT2D eigenvalue weighted by Crippen LogP contribution is -2.43. The van der Waals surface area contributed by atoms with Crippen LogP contribution in [0.3, 0.4) is 0 Å². The molecule has 7 heteroatoms. The molecular weight excluding hydrogens is 388 g/mol. The maximum atomic E-state index is 12.7.